The summed E-state index contributed by atoms with van der Waals surface area (Å²) in [5.41, 5.74) is 1.04. The lowest BCUT2D eigenvalue weighted by molar-refractivity contribution is 0.723. The van der Waals surface area contributed by atoms with E-state index in [-0.39, 0.29) is 17.1 Å². The molecule has 0 spiro atoms. The minimum absolute atomic E-state index is 0.158. The monoisotopic (exact) mass is 352 g/mol. The lowest BCUT2D eigenvalue weighted by Gasteiger charge is -2.03. The Balaban J connectivity index is 2.02. The van der Waals surface area contributed by atoms with Crippen molar-refractivity contribution in [1.29, 1.82) is 0 Å². The SMILES string of the molecule is O=c1sn(-c2ccccc2)c(=O)n1Cc1ccc(Cl)c(Cl)c1. The molecule has 0 unspecified atom stereocenters. The molecule has 22 heavy (non-hydrogen) atoms. The Hall–Kier alpha value is -1.82. The van der Waals surface area contributed by atoms with Gasteiger partial charge in [-0.15, -0.1) is 0 Å². The van der Waals surface area contributed by atoms with Crippen LogP contribution in [0.25, 0.3) is 5.69 Å². The smallest absolute Gasteiger partial charge is 0.255 e. The molecular weight excluding hydrogens is 343 g/mol. The Bertz CT molecular complexity index is 929. The highest BCUT2D eigenvalue weighted by atomic mass is 35.5. The molecule has 7 heteroatoms. The predicted molar refractivity (Wildman–Crippen MR) is 89.7 cm³/mol. The van der Waals surface area contributed by atoms with Gasteiger partial charge in [-0.25, -0.2) is 13.3 Å². The van der Waals surface area contributed by atoms with Gasteiger partial charge in [0.1, 0.15) is 0 Å². The Labute approximate surface area is 139 Å². The third kappa shape index (κ3) is 2.88. The van der Waals surface area contributed by atoms with Crippen LogP contribution in [0.1, 0.15) is 5.56 Å². The third-order valence-electron chi connectivity index (χ3n) is 3.11. The van der Waals surface area contributed by atoms with E-state index in [0.717, 1.165) is 17.1 Å². The highest BCUT2D eigenvalue weighted by Gasteiger charge is 2.12. The van der Waals surface area contributed by atoms with Crippen molar-refractivity contribution >= 4 is 34.7 Å². The lowest BCUT2D eigenvalue weighted by atomic mass is 10.2. The number of halogens is 2. The number of nitrogens with zero attached hydrogens (tertiary/aromatic N) is 2. The molecule has 0 radical (unpaired) electrons. The first-order valence-corrected chi connectivity index (χ1v) is 7.92. The molecule has 3 rings (SSSR count). The topological polar surface area (TPSA) is 44.0 Å². The minimum Gasteiger partial charge on any atom is -0.255 e. The molecule has 0 bridgehead atoms. The van der Waals surface area contributed by atoms with Gasteiger partial charge in [-0.05, 0) is 29.8 Å². The van der Waals surface area contributed by atoms with E-state index in [2.05, 4.69) is 0 Å². The summed E-state index contributed by atoms with van der Waals surface area (Å²) in [5, 5.41) is 0.829. The maximum atomic E-state index is 12.4. The quantitative estimate of drug-likeness (QED) is 0.724. The molecule has 0 aliphatic heterocycles. The van der Waals surface area contributed by atoms with Crippen molar-refractivity contribution in [2.24, 2.45) is 0 Å². The molecule has 3 aromatic rings. The van der Waals surface area contributed by atoms with E-state index in [0.29, 0.717) is 15.7 Å². The van der Waals surface area contributed by atoms with E-state index in [1.54, 1.807) is 30.3 Å². The molecule has 0 N–H and O–H groups in total. The maximum Gasteiger partial charge on any atom is 0.346 e. The van der Waals surface area contributed by atoms with Crippen LogP contribution < -0.4 is 10.6 Å². The molecule has 1 heterocycles. The zero-order valence-electron chi connectivity index (χ0n) is 11.2. The first kappa shape index (κ1) is 15.1. The van der Waals surface area contributed by atoms with Gasteiger partial charge in [0.15, 0.2) is 0 Å². The van der Waals surface area contributed by atoms with Crippen molar-refractivity contribution in [3.8, 4) is 5.69 Å². The van der Waals surface area contributed by atoms with Gasteiger partial charge in [-0.2, -0.15) is 0 Å². The van der Waals surface area contributed by atoms with Gasteiger partial charge < -0.3 is 0 Å². The molecule has 0 saturated carbocycles. The molecule has 4 nitrogen and oxygen atoms in total. The Kier molecular flexibility index (Phi) is 4.20. The van der Waals surface area contributed by atoms with Crippen molar-refractivity contribution in [1.82, 2.24) is 8.52 Å². The second-order valence-corrected chi connectivity index (χ2v) is 6.32. The number of benzene rings is 2. The summed E-state index contributed by atoms with van der Waals surface area (Å²) in [6, 6.07) is 14.1. The van der Waals surface area contributed by atoms with Crippen molar-refractivity contribution in [3.05, 3.63) is 84.3 Å². The number of hydrogen-bond acceptors (Lipinski definition) is 3. The van der Waals surface area contributed by atoms with Crippen LogP contribution in [-0.4, -0.2) is 8.52 Å². The van der Waals surface area contributed by atoms with Gasteiger partial charge in [0.05, 0.1) is 22.3 Å². The van der Waals surface area contributed by atoms with E-state index in [1.165, 1.54) is 8.52 Å². The molecule has 0 aliphatic carbocycles. The fourth-order valence-corrected chi connectivity index (χ4v) is 3.16. The molecule has 0 fully saturated rings. The Morgan fingerprint density at radius 3 is 2.36 bits per heavy atom. The fourth-order valence-electron chi connectivity index (χ4n) is 2.03. The van der Waals surface area contributed by atoms with Gasteiger partial charge in [0, 0.05) is 11.5 Å². The van der Waals surface area contributed by atoms with Crippen LogP contribution in [0.2, 0.25) is 10.0 Å². The normalized spacial score (nSPS) is 10.8. The second-order valence-electron chi connectivity index (χ2n) is 4.60. The molecular formula is C15H10Cl2N2O2S. The van der Waals surface area contributed by atoms with Crippen LogP contribution in [-0.2, 0) is 6.54 Å². The van der Waals surface area contributed by atoms with Gasteiger partial charge in [-0.1, -0.05) is 47.5 Å². The van der Waals surface area contributed by atoms with Crippen LogP contribution in [0.5, 0.6) is 0 Å². The van der Waals surface area contributed by atoms with E-state index in [4.69, 9.17) is 23.2 Å². The maximum absolute atomic E-state index is 12.4. The highest BCUT2D eigenvalue weighted by Crippen LogP contribution is 2.22. The standard InChI is InChI=1S/C15H10Cl2N2O2S/c16-12-7-6-10(8-13(12)17)9-18-14(20)19(22-15(18)21)11-4-2-1-3-5-11/h1-8H,9H2. The van der Waals surface area contributed by atoms with Crippen LogP contribution >= 0.6 is 34.7 Å². The molecule has 1 aromatic heterocycles. The van der Waals surface area contributed by atoms with E-state index in [1.807, 2.05) is 18.2 Å². The molecule has 0 amide bonds. The van der Waals surface area contributed by atoms with Crippen LogP contribution in [0, 0.1) is 0 Å². The molecule has 0 aliphatic rings. The van der Waals surface area contributed by atoms with Gasteiger partial charge in [-0.3, -0.25) is 4.79 Å². The summed E-state index contributed by atoms with van der Waals surface area (Å²) in [6.45, 7) is 0.158. The summed E-state index contributed by atoms with van der Waals surface area (Å²) in [6.07, 6.45) is 0. The average molecular weight is 353 g/mol. The summed E-state index contributed by atoms with van der Waals surface area (Å²) >= 11 is 12.7. The molecule has 0 atom stereocenters. The van der Waals surface area contributed by atoms with Gasteiger partial charge in [0.25, 0.3) is 0 Å². The Morgan fingerprint density at radius 1 is 0.955 bits per heavy atom. The minimum atomic E-state index is -0.368. The Morgan fingerprint density at radius 2 is 1.68 bits per heavy atom. The molecule has 2 aromatic carbocycles. The predicted octanol–water partition coefficient (Wildman–Crippen LogP) is 3.42. The van der Waals surface area contributed by atoms with E-state index >= 15 is 0 Å². The molecule has 112 valence electrons. The zero-order chi connectivity index (χ0) is 15.7. The average Bonchev–Trinajstić information content (AvgIpc) is 2.80. The highest BCUT2D eigenvalue weighted by molar-refractivity contribution is 7.03. The van der Waals surface area contributed by atoms with Gasteiger partial charge in [0.2, 0.25) is 0 Å². The van der Waals surface area contributed by atoms with Gasteiger partial charge >= 0.3 is 10.6 Å². The van der Waals surface area contributed by atoms with Crippen LogP contribution in [0.15, 0.2) is 58.1 Å². The summed E-state index contributed by atoms with van der Waals surface area (Å²) in [5.74, 6) is 0. The number of hydrogen-bond donors (Lipinski definition) is 0. The zero-order valence-corrected chi connectivity index (χ0v) is 13.5. The summed E-state index contributed by atoms with van der Waals surface area (Å²) in [7, 11) is 0. The first-order chi connectivity index (χ1) is 10.6. The van der Waals surface area contributed by atoms with Crippen molar-refractivity contribution in [2.45, 2.75) is 6.54 Å². The largest absolute Gasteiger partial charge is 0.346 e. The van der Waals surface area contributed by atoms with Crippen LogP contribution in [0.3, 0.4) is 0 Å². The third-order valence-corrected chi connectivity index (χ3v) is 4.77. The number of aromatic nitrogens is 2. The van der Waals surface area contributed by atoms with Crippen molar-refractivity contribution < 1.29 is 0 Å². The van der Waals surface area contributed by atoms with Crippen molar-refractivity contribution in [3.63, 3.8) is 0 Å². The van der Waals surface area contributed by atoms with Crippen molar-refractivity contribution in [2.75, 3.05) is 0 Å². The first-order valence-electron chi connectivity index (χ1n) is 6.39. The van der Waals surface area contributed by atoms with Crippen LogP contribution in [0.4, 0.5) is 0 Å². The fraction of sp³-hybridized carbons (Fsp3) is 0.0667. The number of para-hydroxylation sites is 1. The second kappa shape index (κ2) is 6.12. The van der Waals surface area contributed by atoms with E-state index in [9.17, 15) is 9.59 Å². The molecule has 0 saturated heterocycles. The lowest BCUT2D eigenvalue weighted by Crippen LogP contribution is -2.28. The number of rotatable bonds is 3. The summed E-state index contributed by atoms with van der Waals surface area (Å²) < 4.78 is 2.55. The summed E-state index contributed by atoms with van der Waals surface area (Å²) in [4.78, 5) is 24.2. The van der Waals surface area contributed by atoms with E-state index < -0.39 is 0 Å².